The first-order valence-electron chi connectivity index (χ1n) is 11.7. The van der Waals surface area contributed by atoms with E-state index in [0.717, 1.165) is 39.8 Å². The predicted molar refractivity (Wildman–Crippen MR) is 139 cm³/mol. The van der Waals surface area contributed by atoms with Gasteiger partial charge in [0.05, 0.1) is 15.6 Å². The smallest absolute Gasteiger partial charge is 0.236 e. The van der Waals surface area contributed by atoms with Crippen LogP contribution in [0.4, 0.5) is 5.13 Å². The number of aliphatic imine (C=N–C) groups is 1. The number of nitrogens with zero attached hydrogens (tertiary/aromatic N) is 2. The average Bonchev–Trinajstić information content (AvgIpc) is 3.23. The number of allylic oxidation sites excluding steroid dienone is 2. The molecule has 0 atom stereocenters. The Bertz CT molecular complexity index is 1280. The number of carbonyl (C=O) groups is 1. The summed E-state index contributed by atoms with van der Waals surface area (Å²) in [6.45, 7) is 3.16. The van der Waals surface area contributed by atoms with Gasteiger partial charge >= 0.3 is 0 Å². The molecule has 1 saturated heterocycles. The van der Waals surface area contributed by atoms with Crippen LogP contribution < -0.4 is 5.32 Å². The summed E-state index contributed by atoms with van der Waals surface area (Å²) in [5, 5.41) is 11.6. The summed E-state index contributed by atoms with van der Waals surface area (Å²) in [6, 6.07) is 14.4. The van der Waals surface area contributed by atoms with Crippen LogP contribution in [0.15, 0.2) is 53.5 Å². The van der Waals surface area contributed by atoms with Crippen LogP contribution in [-0.2, 0) is 14.9 Å². The first-order chi connectivity index (χ1) is 16.5. The molecule has 34 heavy (non-hydrogen) atoms. The molecular weight excluding hydrogens is 444 g/mol. The van der Waals surface area contributed by atoms with E-state index in [9.17, 15) is 4.79 Å². The topological polar surface area (TPSA) is 87.4 Å². The quantitative estimate of drug-likeness (QED) is 0.495. The lowest BCUT2D eigenvalue weighted by Crippen LogP contribution is -2.44. The van der Waals surface area contributed by atoms with Crippen molar-refractivity contribution in [3.8, 4) is 0 Å². The third-order valence-corrected chi connectivity index (χ3v) is 7.59. The van der Waals surface area contributed by atoms with Crippen LogP contribution in [-0.4, -0.2) is 36.2 Å². The van der Waals surface area contributed by atoms with Gasteiger partial charge in [0.2, 0.25) is 5.91 Å². The lowest BCUT2D eigenvalue weighted by Gasteiger charge is -2.36. The maximum absolute atomic E-state index is 13.7. The Labute approximate surface area is 203 Å². The van der Waals surface area contributed by atoms with Gasteiger partial charge in [-0.1, -0.05) is 47.7 Å². The minimum atomic E-state index is -0.657. The van der Waals surface area contributed by atoms with E-state index in [2.05, 4.69) is 58.6 Å². The van der Waals surface area contributed by atoms with Crippen molar-refractivity contribution in [1.82, 2.24) is 4.98 Å². The summed E-state index contributed by atoms with van der Waals surface area (Å²) >= 11 is 1.51. The molecule has 0 unspecified atom stereocenters. The zero-order valence-electron chi connectivity index (χ0n) is 19.3. The number of carbonyl (C=O) groups excluding carboxylic acids is 1. The molecule has 2 N–H and O–H groups in total. The van der Waals surface area contributed by atoms with Gasteiger partial charge in [0.15, 0.2) is 5.13 Å². The fraction of sp³-hybridized carbons (Fsp3) is 0.333. The zero-order chi connectivity index (χ0) is 23.5. The summed E-state index contributed by atoms with van der Waals surface area (Å²) in [7, 11) is 0. The number of anilines is 1. The monoisotopic (exact) mass is 472 g/mol. The van der Waals surface area contributed by atoms with Crippen LogP contribution in [0.5, 0.6) is 0 Å². The van der Waals surface area contributed by atoms with Crippen molar-refractivity contribution in [2.24, 2.45) is 4.99 Å². The molecule has 1 fully saturated rings. The number of amidine groups is 1. The van der Waals surface area contributed by atoms with Gasteiger partial charge < -0.3 is 10.1 Å². The Hall–Kier alpha value is -3.16. The molecule has 0 radical (unpaired) electrons. The van der Waals surface area contributed by atoms with Gasteiger partial charge in [-0.25, -0.2) is 9.98 Å². The summed E-state index contributed by atoms with van der Waals surface area (Å²) in [5.41, 5.74) is 4.48. The second-order valence-electron chi connectivity index (χ2n) is 8.97. The fourth-order valence-corrected chi connectivity index (χ4v) is 5.59. The van der Waals surface area contributed by atoms with Gasteiger partial charge in [-0.05, 0) is 67.0 Å². The van der Waals surface area contributed by atoms with Crippen LogP contribution in [0.2, 0.25) is 0 Å². The number of benzene rings is 2. The van der Waals surface area contributed by atoms with Crippen LogP contribution in [0.3, 0.4) is 0 Å². The molecule has 2 aliphatic rings. The van der Waals surface area contributed by atoms with Crippen molar-refractivity contribution in [3.63, 3.8) is 0 Å². The molecule has 0 saturated carbocycles. The van der Waals surface area contributed by atoms with Crippen LogP contribution >= 0.6 is 11.3 Å². The summed E-state index contributed by atoms with van der Waals surface area (Å²) in [6.07, 6.45) is 7.79. The minimum absolute atomic E-state index is 0.0282. The van der Waals surface area contributed by atoms with Gasteiger partial charge in [-0.3, -0.25) is 10.2 Å². The van der Waals surface area contributed by atoms with Crippen LogP contribution in [0.25, 0.3) is 15.8 Å². The number of amides is 1. The van der Waals surface area contributed by atoms with E-state index < -0.39 is 5.41 Å². The third-order valence-electron chi connectivity index (χ3n) is 6.66. The Morgan fingerprint density at radius 3 is 2.74 bits per heavy atom. The van der Waals surface area contributed by atoms with Crippen molar-refractivity contribution < 1.29 is 9.53 Å². The fourth-order valence-electron chi connectivity index (χ4n) is 4.63. The highest BCUT2D eigenvalue weighted by Gasteiger charge is 2.42. The molecule has 0 spiro atoms. The number of hydrogen-bond donors (Lipinski definition) is 2. The van der Waals surface area contributed by atoms with Crippen LogP contribution in [0, 0.1) is 12.3 Å². The number of nitrogens with one attached hydrogen (secondary N) is 2. The Balaban J connectivity index is 1.42. The summed E-state index contributed by atoms with van der Waals surface area (Å²) < 4.78 is 6.70. The number of ether oxygens (including phenoxy) is 1. The number of thiazole rings is 1. The Kier molecular flexibility index (Phi) is 6.39. The number of fused-ring (bicyclic) bond motifs is 1. The Morgan fingerprint density at radius 1 is 1.15 bits per heavy atom. The third kappa shape index (κ3) is 4.58. The average molecular weight is 473 g/mol. The Morgan fingerprint density at radius 2 is 1.94 bits per heavy atom. The molecule has 7 heteroatoms. The van der Waals surface area contributed by atoms with Gasteiger partial charge in [0, 0.05) is 25.8 Å². The molecule has 0 bridgehead atoms. The molecule has 1 amide bonds. The zero-order valence-corrected chi connectivity index (χ0v) is 20.1. The lowest BCUT2D eigenvalue weighted by atomic mass is 9.73. The van der Waals surface area contributed by atoms with E-state index in [4.69, 9.17) is 10.1 Å². The van der Waals surface area contributed by atoms with Gasteiger partial charge in [0.25, 0.3) is 0 Å². The van der Waals surface area contributed by atoms with Crippen molar-refractivity contribution >= 4 is 50.2 Å². The largest absolute Gasteiger partial charge is 0.381 e. The molecule has 1 aromatic heterocycles. The number of rotatable bonds is 4. The number of hydrogen-bond acceptors (Lipinski definition) is 5. The standard InChI is InChI=1S/C27H28N4O2S/c1-18-6-11-22-23(16-18)34-26(30-22)31-25(32)27(12-14-33-15-13-27)21-9-7-19(8-10-21)20-4-2-3-5-24(28)29-17-20/h4,6-11,16-17,28H,2-3,5,12-15H2,1H3,(H,30,31,32)/b20-4+,28-24?,29-17?. The SMILES string of the molecule is Cc1ccc2nc(NC(=O)C3(c4ccc(/C5=C/CCCC(=N)N=C5)cc4)CCOCC3)sc2c1. The normalized spacial score (nSPS) is 19.8. The van der Waals surface area contributed by atoms with Crippen LogP contribution in [0.1, 0.15) is 48.8 Å². The van der Waals surface area contributed by atoms with E-state index in [0.29, 0.717) is 43.4 Å². The second-order valence-corrected chi connectivity index (χ2v) is 10.0. The minimum Gasteiger partial charge on any atom is -0.381 e. The van der Waals surface area contributed by atoms with E-state index in [-0.39, 0.29) is 5.91 Å². The van der Waals surface area contributed by atoms with Crippen molar-refractivity contribution in [1.29, 1.82) is 5.41 Å². The molecule has 174 valence electrons. The molecule has 2 aromatic carbocycles. The van der Waals surface area contributed by atoms with Gasteiger partial charge in [0.1, 0.15) is 5.84 Å². The van der Waals surface area contributed by atoms with E-state index in [1.807, 2.05) is 12.1 Å². The highest BCUT2D eigenvalue weighted by atomic mass is 32.1. The number of aryl methyl sites for hydroxylation is 1. The van der Waals surface area contributed by atoms with Gasteiger partial charge in [-0.15, -0.1) is 0 Å². The summed E-state index contributed by atoms with van der Waals surface area (Å²) in [5.74, 6) is 0.393. The highest BCUT2D eigenvalue weighted by Crippen LogP contribution is 2.38. The van der Waals surface area contributed by atoms with Crippen molar-refractivity contribution in [3.05, 3.63) is 65.2 Å². The molecule has 3 aromatic rings. The van der Waals surface area contributed by atoms with E-state index in [1.54, 1.807) is 6.21 Å². The molecule has 5 rings (SSSR count). The predicted octanol–water partition coefficient (Wildman–Crippen LogP) is 5.91. The molecule has 2 aliphatic heterocycles. The maximum atomic E-state index is 13.7. The highest BCUT2D eigenvalue weighted by molar-refractivity contribution is 7.22. The van der Waals surface area contributed by atoms with Gasteiger partial charge in [-0.2, -0.15) is 0 Å². The summed E-state index contributed by atoms with van der Waals surface area (Å²) in [4.78, 5) is 22.6. The first-order valence-corrected chi connectivity index (χ1v) is 12.5. The maximum Gasteiger partial charge on any atom is 0.236 e. The van der Waals surface area contributed by atoms with Crippen molar-refractivity contribution in [2.75, 3.05) is 18.5 Å². The first kappa shape index (κ1) is 22.6. The van der Waals surface area contributed by atoms with E-state index >= 15 is 0 Å². The molecular formula is C27H28N4O2S. The molecule has 0 aliphatic carbocycles. The molecule has 3 heterocycles. The lowest BCUT2D eigenvalue weighted by molar-refractivity contribution is -0.125. The molecule has 6 nitrogen and oxygen atoms in total. The van der Waals surface area contributed by atoms with E-state index in [1.165, 1.54) is 16.9 Å². The van der Waals surface area contributed by atoms with Crippen molar-refractivity contribution in [2.45, 2.75) is 44.4 Å². The second kappa shape index (κ2) is 9.60. The number of aromatic nitrogens is 1.